The Bertz CT molecular complexity index is 591. The molecule has 3 rings (SSSR count). The highest BCUT2D eigenvalue weighted by molar-refractivity contribution is 5.75. The van der Waals surface area contributed by atoms with Gasteiger partial charge in [-0.25, -0.2) is 4.98 Å². The van der Waals surface area contributed by atoms with E-state index in [-0.39, 0.29) is 5.54 Å². The lowest BCUT2D eigenvalue weighted by molar-refractivity contribution is 0.295. The highest BCUT2D eigenvalue weighted by atomic mass is 15.1. The summed E-state index contributed by atoms with van der Waals surface area (Å²) in [6, 6.07) is 8.42. The van der Waals surface area contributed by atoms with Gasteiger partial charge < -0.3 is 9.88 Å². The Hall–Kier alpha value is -1.35. The zero-order chi connectivity index (χ0) is 14.2. The number of benzene rings is 1. The molecule has 0 aliphatic carbocycles. The molecule has 1 aromatic carbocycles. The second-order valence-electron chi connectivity index (χ2n) is 6.66. The van der Waals surface area contributed by atoms with Gasteiger partial charge in [0.15, 0.2) is 0 Å². The minimum absolute atomic E-state index is 0.253. The maximum atomic E-state index is 4.85. The Morgan fingerprint density at radius 1 is 1.35 bits per heavy atom. The smallest absolute Gasteiger partial charge is 0.111 e. The summed E-state index contributed by atoms with van der Waals surface area (Å²) >= 11 is 0. The lowest BCUT2D eigenvalue weighted by atomic mass is 9.84. The highest BCUT2D eigenvalue weighted by Crippen LogP contribution is 2.31. The summed E-state index contributed by atoms with van der Waals surface area (Å²) < 4.78 is 2.26. The van der Waals surface area contributed by atoms with Crippen LogP contribution in [0, 0.1) is 5.92 Å². The summed E-state index contributed by atoms with van der Waals surface area (Å²) in [6.45, 7) is 5.78. The molecule has 0 saturated carbocycles. The fraction of sp³-hybridized carbons (Fsp3) is 0.588. The van der Waals surface area contributed by atoms with Gasteiger partial charge in [0.05, 0.1) is 11.0 Å². The fourth-order valence-electron chi connectivity index (χ4n) is 3.70. The number of nitrogens with zero attached hydrogens (tertiary/aromatic N) is 2. The Balaban J connectivity index is 1.92. The normalized spacial score (nSPS) is 23.0. The number of fused-ring (bicyclic) bond motifs is 1. The SMILES string of the molecule is CC(C)CC1(Cc2nc3ccccc3n2C)CCCN1. The zero-order valence-corrected chi connectivity index (χ0v) is 12.8. The Morgan fingerprint density at radius 3 is 2.80 bits per heavy atom. The van der Waals surface area contributed by atoms with Crippen LogP contribution >= 0.6 is 0 Å². The highest BCUT2D eigenvalue weighted by Gasteiger charge is 2.35. The molecule has 1 unspecified atom stereocenters. The van der Waals surface area contributed by atoms with E-state index in [1.165, 1.54) is 30.6 Å². The van der Waals surface area contributed by atoms with Gasteiger partial charge in [0.1, 0.15) is 5.82 Å². The van der Waals surface area contributed by atoms with Crippen molar-refractivity contribution in [1.82, 2.24) is 14.9 Å². The quantitative estimate of drug-likeness (QED) is 0.925. The first-order chi connectivity index (χ1) is 9.60. The number of hydrogen-bond donors (Lipinski definition) is 1. The molecule has 1 aliphatic rings. The van der Waals surface area contributed by atoms with Crippen LogP contribution in [0.5, 0.6) is 0 Å². The molecule has 1 N–H and O–H groups in total. The van der Waals surface area contributed by atoms with Gasteiger partial charge in [0.2, 0.25) is 0 Å². The topological polar surface area (TPSA) is 29.9 Å². The van der Waals surface area contributed by atoms with Gasteiger partial charge >= 0.3 is 0 Å². The van der Waals surface area contributed by atoms with Crippen LogP contribution in [0.25, 0.3) is 11.0 Å². The van der Waals surface area contributed by atoms with Gasteiger partial charge in [-0.15, -0.1) is 0 Å². The molecule has 3 heteroatoms. The molecule has 0 amide bonds. The van der Waals surface area contributed by atoms with Crippen molar-refractivity contribution in [3.8, 4) is 0 Å². The van der Waals surface area contributed by atoms with Crippen LogP contribution in [0.15, 0.2) is 24.3 Å². The molecule has 0 spiro atoms. The minimum atomic E-state index is 0.253. The van der Waals surface area contributed by atoms with Crippen molar-refractivity contribution in [2.24, 2.45) is 13.0 Å². The number of aromatic nitrogens is 2. The molecule has 2 heterocycles. The average Bonchev–Trinajstić information content (AvgIpc) is 2.96. The third-order valence-electron chi connectivity index (χ3n) is 4.51. The number of hydrogen-bond acceptors (Lipinski definition) is 2. The molecular weight excluding hydrogens is 246 g/mol. The van der Waals surface area contributed by atoms with Gasteiger partial charge in [-0.2, -0.15) is 0 Å². The van der Waals surface area contributed by atoms with Crippen molar-refractivity contribution in [2.75, 3.05) is 6.54 Å². The van der Waals surface area contributed by atoms with Crippen molar-refractivity contribution in [2.45, 2.75) is 45.1 Å². The fourth-order valence-corrected chi connectivity index (χ4v) is 3.70. The summed E-state index contributed by atoms with van der Waals surface area (Å²) in [4.78, 5) is 4.85. The van der Waals surface area contributed by atoms with Crippen LogP contribution in [-0.4, -0.2) is 21.6 Å². The number of aryl methyl sites for hydroxylation is 1. The lowest BCUT2D eigenvalue weighted by Gasteiger charge is -2.31. The second kappa shape index (κ2) is 5.21. The maximum absolute atomic E-state index is 4.85. The van der Waals surface area contributed by atoms with Gasteiger partial charge in [-0.3, -0.25) is 0 Å². The summed E-state index contributed by atoms with van der Waals surface area (Å²) in [5, 5.41) is 3.77. The van der Waals surface area contributed by atoms with Gasteiger partial charge in [-0.1, -0.05) is 26.0 Å². The van der Waals surface area contributed by atoms with E-state index >= 15 is 0 Å². The molecule has 1 saturated heterocycles. The van der Waals surface area contributed by atoms with Gasteiger partial charge in [-0.05, 0) is 43.9 Å². The van der Waals surface area contributed by atoms with Crippen LogP contribution in [0.4, 0.5) is 0 Å². The molecule has 0 radical (unpaired) electrons. The number of rotatable bonds is 4. The Kier molecular flexibility index (Phi) is 3.55. The van der Waals surface area contributed by atoms with E-state index in [1.54, 1.807) is 0 Å². The van der Waals surface area contributed by atoms with E-state index in [0.717, 1.165) is 24.4 Å². The van der Waals surface area contributed by atoms with E-state index < -0.39 is 0 Å². The van der Waals surface area contributed by atoms with E-state index in [9.17, 15) is 0 Å². The Morgan fingerprint density at radius 2 is 2.15 bits per heavy atom. The molecule has 1 atom stereocenters. The van der Waals surface area contributed by atoms with Crippen molar-refractivity contribution in [1.29, 1.82) is 0 Å². The summed E-state index contributed by atoms with van der Waals surface area (Å²) in [5.74, 6) is 1.93. The van der Waals surface area contributed by atoms with Crippen LogP contribution in [0.2, 0.25) is 0 Å². The minimum Gasteiger partial charge on any atom is -0.331 e. The van der Waals surface area contributed by atoms with E-state index in [2.05, 4.69) is 55.0 Å². The molecular formula is C17H25N3. The molecule has 108 valence electrons. The molecule has 20 heavy (non-hydrogen) atoms. The summed E-state index contributed by atoms with van der Waals surface area (Å²) in [7, 11) is 2.14. The van der Waals surface area contributed by atoms with E-state index in [1.807, 2.05) is 0 Å². The lowest BCUT2D eigenvalue weighted by Crippen LogP contribution is -2.43. The molecule has 1 aliphatic heterocycles. The molecule has 1 aromatic heterocycles. The third kappa shape index (κ3) is 2.47. The van der Waals surface area contributed by atoms with Crippen molar-refractivity contribution in [3.63, 3.8) is 0 Å². The predicted molar refractivity (Wildman–Crippen MR) is 83.8 cm³/mol. The van der Waals surface area contributed by atoms with Crippen molar-refractivity contribution >= 4 is 11.0 Å². The predicted octanol–water partition coefficient (Wildman–Crippen LogP) is 3.28. The molecule has 0 bridgehead atoms. The third-order valence-corrected chi connectivity index (χ3v) is 4.51. The standard InChI is InChI=1S/C17H25N3/c1-13(2)11-17(9-6-10-18-17)12-16-19-14-7-4-5-8-15(14)20(16)3/h4-5,7-8,13,18H,6,9-12H2,1-3H3. The monoisotopic (exact) mass is 271 g/mol. The average molecular weight is 271 g/mol. The number of nitrogens with one attached hydrogen (secondary N) is 1. The second-order valence-corrected chi connectivity index (χ2v) is 6.66. The molecule has 2 aromatic rings. The van der Waals surface area contributed by atoms with Crippen LogP contribution in [0.3, 0.4) is 0 Å². The maximum Gasteiger partial charge on any atom is 0.111 e. The largest absolute Gasteiger partial charge is 0.331 e. The zero-order valence-electron chi connectivity index (χ0n) is 12.8. The van der Waals surface area contributed by atoms with Crippen LogP contribution in [0.1, 0.15) is 38.9 Å². The van der Waals surface area contributed by atoms with Crippen LogP contribution < -0.4 is 5.32 Å². The summed E-state index contributed by atoms with van der Waals surface area (Å²) in [5.41, 5.74) is 2.60. The van der Waals surface area contributed by atoms with E-state index in [0.29, 0.717) is 0 Å². The van der Waals surface area contributed by atoms with E-state index in [4.69, 9.17) is 4.98 Å². The van der Waals surface area contributed by atoms with Gasteiger partial charge in [0, 0.05) is 19.0 Å². The molecule has 3 nitrogen and oxygen atoms in total. The first kappa shape index (κ1) is 13.6. The van der Waals surface area contributed by atoms with Crippen molar-refractivity contribution in [3.05, 3.63) is 30.1 Å². The van der Waals surface area contributed by atoms with Crippen LogP contribution in [-0.2, 0) is 13.5 Å². The number of imidazole rings is 1. The number of para-hydroxylation sites is 2. The first-order valence-corrected chi connectivity index (χ1v) is 7.75. The van der Waals surface area contributed by atoms with Crippen molar-refractivity contribution < 1.29 is 0 Å². The molecule has 1 fully saturated rings. The van der Waals surface area contributed by atoms with Gasteiger partial charge in [0.25, 0.3) is 0 Å². The summed E-state index contributed by atoms with van der Waals surface area (Å²) in [6.07, 6.45) is 4.83. The first-order valence-electron chi connectivity index (χ1n) is 7.75. The Labute approximate surface area is 121 Å².